The second-order valence-electron chi connectivity index (χ2n) is 5.96. The van der Waals surface area contributed by atoms with E-state index in [1.807, 2.05) is 12.1 Å². The highest BCUT2D eigenvalue weighted by Gasteiger charge is 2.11. The number of nitrogens with zero attached hydrogens (tertiary/aromatic N) is 1. The Hall–Kier alpha value is -2.83. The van der Waals surface area contributed by atoms with E-state index < -0.39 is 6.61 Å². The number of methoxy groups -OCH3 is 1. The summed E-state index contributed by atoms with van der Waals surface area (Å²) in [6, 6.07) is 13.2. The van der Waals surface area contributed by atoms with Crippen molar-refractivity contribution in [2.75, 3.05) is 20.7 Å². The highest BCUT2D eigenvalue weighted by molar-refractivity contribution is 5.79. The molecule has 2 rings (SSSR count). The third-order valence-electron chi connectivity index (χ3n) is 3.92. The van der Waals surface area contributed by atoms with Crippen LogP contribution in [0.4, 0.5) is 8.78 Å². The number of aliphatic imine (C=N–C) groups is 1. The lowest BCUT2D eigenvalue weighted by atomic mass is 10.1. The van der Waals surface area contributed by atoms with Gasteiger partial charge in [0.25, 0.3) is 0 Å². The monoisotopic (exact) mass is 377 g/mol. The van der Waals surface area contributed by atoms with Crippen LogP contribution in [0.3, 0.4) is 0 Å². The zero-order chi connectivity index (χ0) is 19.6. The first-order valence-electron chi connectivity index (χ1n) is 8.63. The van der Waals surface area contributed by atoms with Crippen molar-refractivity contribution in [1.29, 1.82) is 0 Å². The van der Waals surface area contributed by atoms with Crippen molar-refractivity contribution in [1.82, 2.24) is 10.6 Å². The molecule has 0 unspecified atom stereocenters. The van der Waals surface area contributed by atoms with Crippen molar-refractivity contribution in [2.24, 2.45) is 4.99 Å². The van der Waals surface area contributed by atoms with Gasteiger partial charge in [0.05, 0.1) is 7.11 Å². The minimum atomic E-state index is -2.89. The Morgan fingerprint density at radius 1 is 1.07 bits per heavy atom. The van der Waals surface area contributed by atoms with Crippen molar-refractivity contribution in [3.8, 4) is 11.5 Å². The van der Waals surface area contributed by atoms with Crippen LogP contribution < -0.4 is 20.1 Å². The fourth-order valence-electron chi connectivity index (χ4n) is 2.62. The van der Waals surface area contributed by atoms with Gasteiger partial charge in [0.2, 0.25) is 0 Å². The van der Waals surface area contributed by atoms with Crippen LogP contribution in [-0.2, 0) is 13.0 Å². The normalized spacial score (nSPS) is 11.4. The number of guanidine groups is 1. The lowest BCUT2D eigenvalue weighted by Crippen LogP contribution is -2.37. The number of rotatable bonds is 8. The third-order valence-corrected chi connectivity index (χ3v) is 3.92. The van der Waals surface area contributed by atoms with Gasteiger partial charge in [-0.25, -0.2) is 0 Å². The standard InChI is InChI=1S/C20H25F2N3O2/c1-14-5-4-6-16(11-14)13-25-20(23-2)24-10-9-15-7-8-17(26-3)18(12-15)27-19(21)22/h4-8,11-12,19H,9-10,13H2,1-3H3,(H2,23,24,25). The Bertz CT molecular complexity index is 767. The molecule has 2 N–H and O–H groups in total. The topological polar surface area (TPSA) is 54.9 Å². The number of ether oxygens (including phenoxy) is 2. The van der Waals surface area contributed by atoms with Crippen molar-refractivity contribution < 1.29 is 18.3 Å². The van der Waals surface area contributed by atoms with Gasteiger partial charge in [-0.3, -0.25) is 4.99 Å². The molecule has 2 aromatic carbocycles. The predicted molar refractivity (Wildman–Crippen MR) is 103 cm³/mol. The van der Waals surface area contributed by atoms with E-state index in [0.717, 1.165) is 5.56 Å². The third kappa shape index (κ3) is 6.77. The molecule has 5 nitrogen and oxygen atoms in total. The molecule has 2 aromatic rings. The average molecular weight is 377 g/mol. The van der Waals surface area contributed by atoms with E-state index in [-0.39, 0.29) is 11.5 Å². The largest absolute Gasteiger partial charge is 0.493 e. The first-order valence-corrected chi connectivity index (χ1v) is 8.63. The van der Waals surface area contributed by atoms with Crippen LogP contribution in [0.1, 0.15) is 16.7 Å². The van der Waals surface area contributed by atoms with Gasteiger partial charge in [-0.1, -0.05) is 35.9 Å². The van der Waals surface area contributed by atoms with Crippen LogP contribution in [0, 0.1) is 6.92 Å². The summed E-state index contributed by atoms with van der Waals surface area (Å²) in [7, 11) is 3.12. The molecule has 0 atom stereocenters. The van der Waals surface area contributed by atoms with Gasteiger partial charge in [0.15, 0.2) is 17.5 Å². The molecule has 0 aliphatic carbocycles. The lowest BCUT2D eigenvalue weighted by Gasteiger charge is -2.14. The first kappa shape index (κ1) is 20.5. The molecule has 0 aliphatic heterocycles. The maximum Gasteiger partial charge on any atom is 0.387 e. The summed E-state index contributed by atoms with van der Waals surface area (Å²) >= 11 is 0. The quantitative estimate of drug-likeness (QED) is 0.546. The van der Waals surface area contributed by atoms with E-state index in [2.05, 4.69) is 45.5 Å². The molecule has 0 amide bonds. The molecule has 0 saturated carbocycles. The second kappa shape index (κ2) is 10.4. The lowest BCUT2D eigenvalue weighted by molar-refractivity contribution is -0.0512. The van der Waals surface area contributed by atoms with Crippen molar-refractivity contribution >= 4 is 5.96 Å². The fraction of sp³-hybridized carbons (Fsp3) is 0.350. The highest BCUT2D eigenvalue weighted by Crippen LogP contribution is 2.29. The van der Waals surface area contributed by atoms with Crippen LogP contribution in [0.5, 0.6) is 11.5 Å². The minimum Gasteiger partial charge on any atom is -0.493 e. The number of alkyl halides is 2. The Labute approximate surface area is 158 Å². The molecule has 27 heavy (non-hydrogen) atoms. The van der Waals surface area contributed by atoms with E-state index in [1.165, 1.54) is 18.2 Å². The van der Waals surface area contributed by atoms with Gasteiger partial charge < -0.3 is 20.1 Å². The van der Waals surface area contributed by atoms with Gasteiger partial charge >= 0.3 is 6.61 Å². The molecule has 0 aliphatic rings. The molecule has 0 radical (unpaired) electrons. The molecule has 0 aromatic heterocycles. The summed E-state index contributed by atoms with van der Waals surface area (Å²) in [5.41, 5.74) is 3.23. The number of halogens is 2. The van der Waals surface area contributed by atoms with Gasteiger partial charge in [-0.15, -0.1) is 0 Å². The molecule has 7 heteroatoms. The van der Waals surface area contributed by atoms with Crippen LogP contribution >= 0.6 is 0 Å². The molecule has 0 saturated heterocycles. The van der Waals surface area contributed by atoms with Crippen LogP contribution in [0.25, 0.3) is 0 Å². The summed E-state index contributed by atoms with van der Waals surface area (Å²) in [4.78, 5) is 4.19. The predicted octanol–water partition coefficient (Wildman–Crippen LogP) is 3.51. The number of benzene rings is 2. The summed E-state index contributed by atoms with van der Waals surface area (Å²) in [5, 5.41) is 6.46. The molecule has 0 fully saturated rings. The Morgan fingerprint density at radius 2 is 1.89 bits per heavy atom. The maximum atomic E-state index is 12.5. The van der Waals surface area contributed by atoms with Gasteiger partial charge in [-0.05, 0) is 36.6 Å². The second-order valence-corrected chi connectivity index (χ2v) is 5.96. The Morgan fingerprint density at radius 3 is 2.56 bits per heavy atom. The highest BCUT2D eigenvalue weighted by atomic mass is 19.3. The number of aryl methyl sites for hydroxylation is 1. The van der Waals surface area contributed by atoms with Gasteiger partial charge in [0, 0.05) is 20.1 Å². The molecular weight excluding hydrogens is 352 g/mol. The summed E-state index contributed by atoms with van der Waals surface area (Å²) in [6.07, 6.45) is 0.620. The molecule has 0 heterocycles. The smallest absolute Gasteiger partial charge is 0.387 e. The summed E-state index contributed by atoms with van der Waals surface area (Å²) in [6.45, 7) is 0.415. The maximum absolute atomic E-state index is 12.5. The van der Waals surface area contributed by atoms with E-state index in [0.29, 0.717) is 25.5 Å². The molecule has 0 spiro atoms. The number of nitrogens with one attached hydrogen (secondary N) is 2. The summed E-state index contributed by atoms with van der Waals surface area (Å²) < 4.78 is 34.6. The SMILES string of the molecule is CN=C(NCCc1ccc(OC)c(OC(F)F)c1)NCc1cccc(C)c1. The van der Waals surface area contributed by atoms with E-state index in [9.17, 15) is 8.78 Å². The number of hydrogen-bond donors (Lipinski definition) is 2. The van der Waals surface area contributed by atoms with E-state index >= 15 is 0 Å². The van der Waals surface area contributed by atoms with Crippen molar-refractivity contribution in [3.63, 3.8) is 0 Å². The average Bonchev–Trinajstić information content (AvgIpc) is 2.64. The zero-order valence-corrected chi connectivity index (χ0v) is 15.8. The van der Waals surface area contributed by atoms with Gasteiger partial charge in [-0.2, -0.15) is 8.78 Å². The molecule has 146 valence electrons. The number of hydrogen-bond acceptors (Lipinski definition) is 3. The first-order chi connectivity index (χ1) is 13.0. The minimum absolute atomic E-state index is 0.0342. The Kier molecular flexibility index (Phi) is 7.85. The van der Waals surface area contributed by atoms with Crippen molar-refractivity contribution in [3.05, 3.63) is 59.2 Å². The van der Waals surface area contributed by atoms with E-state index in [4.69, 9.17) is 4.74 Å². The summed E-state index contributed by atoms with van der Waals surface area (Å²) in [5.74, 6) is 0.990. The fourth-order valence-corrected chi connectivity index (χ4v) is 2.62. The van der Waals surface area contributed by atoms with Crippen LogP contribution in [0.15, 0.2) is 47.5 Å². The van der Waals surface area contributed by atoms with Gasteiger partial charge in [0.1, 0.15) is 0 Å². The van der Waals surface area contributed by atoms with Crippen LogP contribution in [0.2, 0.25) is 0 Å². The van der Waals surface area contributed by atoms with Crippen molar-refractivity contribution in [2.45, 2.75) is 26.5 Å². The Balaban J connectivity index is 1.86. The van der Waals surface area contributed by atoms with Crippen LogP contribution in [-0.4, -0.2) is 33.3 Å². The molecular formula is C20H25F2N3O2. The molecule has 0 bridgehead atoms. The zero-order valence-electron chi connectivity index (χ0n) is 15.8. The van der Waals surface area contributed by atoms with E-state index in [1.54, 1.807) is 19.2 Å².